The molecule has 0 fully saturated rings. The number of benzene rings is 1. The molecule has 1 aromatic carbocycles. The van der Waals surface area contributed by atoms with Gasteiger partial charge in [0.2, 0.25) is 0 Å². The molecular weight excluding hydrogens is 272 g/mol. The van der Waals surface area contributed by atoms with Crippen molar-refractivity contribution in [1.29, 1.82) is 0 Å². The summed E-state index contributed by atoms with van der Waals surface area (Å²) in [4.78, 5) is 23.5. The second kappa shape index (κ2) is 6.65. The van der Waals surface area contributed by atoms with Crippen molar-refractivity contribution in [2.75, 3.05) is 6.61 Å². The maximum Gasteiger partial charge on any atom is 0.367 e. The van der Waals surface area contributed by atoms with Gasteiger partial charge < -0.3 is 4.74 Å². The van der Waals surface area contributed by atoms with Crippen molar-refractivity contribution in [2.45, 2.75) is 20.4 Å². The van der Waals surface area contributed by atoms with Crippen molar-refractivity contribution in [2.24, 2.45) is 5.10 Å². The Morgan fingerprint density at radius 3 is 2.76 bits per heavy atom. The number of carbonyl (C=O) groups excluding carboxylic acids is 1. The third-order valence-electron chi connectivity index (χ3n) is 2.68. The van der Waals surface area contributed by atoms with E-state index in [2.05, 4.69) is 10.2 Å². The molecule has 21 heavy (non-hydrogen) atoms. The molecule has 0 saturated carbocycles. The Morgan fingerprint density at radius 1 is 1.38 bits per heavy atom. The predicted molar refractivity (Wildman–Crippen MR) is 77.3 cm³/mol. The average Bonchev–Trinajstić information content (AvgIpc) is 2.73. The highest BCUT2D eigenvalue weighted by Crippen LogP contribution is 1.96. The summed E-state index contributed by atoms with van der Waals surface area (Å²) in [5.74, 6) is -0.104. The van der Waals surface area contributed by atoms with Gasteiger partial charge in [0.1, 0.15) is 6.54 Å². The topological polar surface area (TPSA) is 78.5 Å². The van der Waals surface area contributed by atoms with Gasteiger partial charge in [-0.1, -0.05) is 30.3 Å². The molecule has 1 aromatic heterocycles. The van der Waals surface area contributed by atoms with Gasteiger partial charge in [0.25, 0.3) is 0 Å². The predicted octanol–water partition coefficient (Wildman–Crippen LogP) is 0.799. The van der Waals surface area contributed by atoms with E-state index in [-0.39, 0.29) is 13.2 Å². The summed E-state index contributed by atoms with van der Waals surface area (Å²) < 4.78 is 6.98. The minimum atomic E-state index is -0.503. The van der Waals surface area contributed by atoms with Crippen LogP contribution in [0.2, 0.25) is 0 Å². The first-order chi connectivity index (χ1) is 10.1. The molecular formula is C14H16N4O3. The van der Waals surface area contributed by atoms with Crippen molar-refractivity contribution >= 4 is 12.2 Å². The molecule has 0 spiro atoms. The third kappa shape index (κ3) is 3.65. The van der Waals surface area contributed by atoms with E-state index in [9.17, 15) is 9.59 Å². The van der Waals surface area contributed by atoms with Crippen molar-refractivity contribution in [3.05, 3.63) is 52.2 Å². The summed E-state index contributed by atoms with van der Waals surface area (Å²) in [5, 5.41) is 8.09. The molecule has 0 unspecified atom stereocenters. The van der Waals surface area contributed by atoms with Crippen LogP contribution in [-0.2, 0) is 16.1 Å². The number of aryl methyl sites for hydroxylation is 1. The van der Waals surface area contributed by atoms with Crippen LogP contribution >= 0.6 is 0 Å². The Kier molecular flexibility index (Phi) is 4.65. The van der Waals surface area contributed by atoms with E-state index in [1.54, 1.807) is 20.1 Å². The minimum absolute atomic E-state index is 0.221. The summed E-state index contributed by atoms with van der Waals surface area (Å²) in [7, 11) is 0. The molecule has 0 bridgehead atoms. The molecule has 0 aliphatic heterocycles. The first-order valence-electron chi connectivity index (χ1n) is 6.53. The van der Waals surface area contributed by atoms with Gasteiger partial charge >= 0.3 is 11.7 Å². The Bertz CT molecular complexity index is 701. The SMILES string of the molecule is CCOC(=O)Cn1nc(C)n(N=Cc2ccccc2)c1=O. The van der Waals surface area contributed by atoms with E-state index in [0.29, 0.717) is 5.82 Å². The number of ether oxygens (including phenoxy) is 1. The zero-order valence-corrected chi connectivity index (χ0v) is 11.9. The molecule has 0 saturated heterocycles. The quantitative estimate of drug-likeness (QED) is 0.602. The molecule has 0 radical (unpaired) electrons. The third-order valence-corrected chi connectivity index (χ3v) is 2.68. The number of hydrogen-bond donors (Lipinski definition) is 0. The van der Waals surface area contributed by atoms with Gasteiger partial charge in [-0.3, -0.25) is 4.79 Å². The van der Waals surface area contributed by atoms with E-state index in [4.69, 9.17) is 4.74 Å². The minimum Gasteiger partial charge on any atom is -0.465 e. The number of esters is 1. The number of nitrogens with zero attached hydrogens (tertiary/aromatic N) is 4. The molecule has 0 aliphatic carbocycles. The molecule has 1 heterocycles. The lowest BCUT2D eigenvalue weighted by atomic mass is 10.2. The van der Waals surface area contributed by atoms with Crippen LogP contribution in [-0.4, -0.2) is 33.2 Å². The van der Waals surface area contributed by atoms with Gasteiger partial charge in [-0.2, -0.15) is 14.9 Å². The fourth-order valence-electron chi connectivity index (χ4n) is 1.74. The van der Waals surface area contributed by atoms with Gasteiger partial charge in [-0.15, -0.1) is 0 Å². The second-order valence-corrected chi connectivity index (χ2v) is 4.26. The Hall–Kier alpha value is -2.70. The van der Waals surface area contributed by atoms with Crippen LogP contribution in [0.3, 0.4) is 0 Å². The van der Waals surface area contributed by atoms with Crippen LogP contribution in [0.15, 0.2) is 40.2 Å². The van der Waals surface area contributed by atoms with Gasteiger partial charge in [-0.05, 0) is 19.4 Å². The fourth-order valence-corrected chi connectivity index (χ4v) is 1.74. The van der Waals surface area contributed by atoms with E-state index in [1.807, 2.05) is 30.3 Å². The fraction of sp³-hybridized carbons (Fsp3) is 0.286. The van der Waals surface area contributed by atoms with Crippen LogP contribution in [0.25, 0.3) is 0 Å². The highest BCUT2D eigenvalue weighted by molar-refractivity contribution is 5.79. The summed E-state index contributed by atoms with van der Waals surface area (Å²) in [5.41, 5.74) is 0.384. The summed E-state index contributed by atoms with van der Waals surface area (Å²) in [6, 6.07) is 9.38. The molecule has 110 valence electrons. The maximum atomic E-state index is 12.1. The van der Waals surface area contributed by atoms with Crippen LogP contribution in [0.1, 0.15) is 18.3 Å². The Balaban J connectivity index is 2.22. The Labute approximate surface area is 121 Å². The summed E-state index contributed by atoms with van der Waals surface area (Å²) >= 11 is 0. The lowest BCUT2D eigenvalue weighted by Crippen LogP contribution is -2.27. The van der Waals surface area contributed by atoms with Gasteiger partial charge in [0.05, 0.1) is 12.8 Å². The van der Waals surface area contributed by atoms with Gasteiger partial charge in [0.15, 0.2) is 5.82 Å². The highest BCUT2D eigenvalue weighted by atomic mass is 16.5. The van der Waals surface area contributed by atoms with Crippen molar-refractivity contribution < 1.29 is 9.53 Å². The van der Waals surface area contributed by atoms with Gasteiger partial charge in [0, 0.05) is 0 Å². The average molecular weight is 288 g/mol. The molecule has 0 atom stereocenters. The number of aromatic nitrogens is 3. The van der Waals surface area contributed by atoms with Crippen molar-refractivity contribution in [3.8, 4) is 0 Å². The zero-order chi connectivity index (χ0) is 15.2. The van der Waals surface area contributed by atoms with Crippen molar-refractivity contribution in [3.63, 3.8) is 0 Å². The van der Waals surface area contributed by atoms with E-state index in [0.717, 1.165) is 14.9 Å². The number of carbonyl (C=O) groups is 1. The normalized spacial score (nSPS) is 11.0. The van der Waals surface area contributed by atoms with Crippen LogP contribution in [0.4, 0.5) is 0 Å². The van der Waals surface area contributed by atoms with E-state index >= 15 is 0 Å². The largest absolute Gasteiger partial charge is 0.465 e. The summed E-state index contributed by atoms with van der Waals surface area (Å²) in [6.07, 6.45) is 1.56. The zero-order valence-electron chi connectivity index (χ0n) is 11.9. The Morgan fingerprint density at radius 2 is 2.10 bits per heavy atom. The lowest BCUT2D eigenvalue weighted by molar-refractivity contribution is -0.144. The van der Waals surface area contributed by atoms with Crippen LogP contribution in [0.5, 0.6) is 0 Å². The number of hydrogen-bond acceptors (Lipinski definition) is 5. The smallest absolute Gasteiger partial charge is 0.367 e. The molecule has 2 aromatic rings. The maximum absolute atomic E-state index is 12.1. The first-order valence-corrected chi connectivity index (χ1v) is 6.53. The monoisotopic (exact) mass is 288 g/mol. The van der Waals surface area contributed by atoms with Gasteiger partial charge in [-0.25, -0.2) is 9.48 Å². The summed E-state index contributed by atoms with van der Waals surface area (Å²) in [6.45, 7) is 3.39. The van der Waals surface area contributed by atoms with Crippen LogP contribution in [0, 0.1) is 6.92 Å². The second-order valence-electron chi connectivity index (χ2n) is 4.26. The molecule has 0 aliphatic rings. The number of rotatable bonds is 5. The van der Waals surface area contributed by atoms with E-state index in [1.165, 1.54) is 0 Å². The molecule has 0 N–H and O–H groups in total. The van der Waals surface area contributed by atoms with E-state index < -0.39 is 11.7 Å². The highest BCUT2D eigenvalue weighted by Gasteiger charge is 2.12. The molecule has 7 heteroatoms. The first kappa shape index (κ1) is 14.7. The molecule has 7 nitrogen and oxygen atoms in total. The van der Waals surface area contributed by atoms with Crippen LogP contribution < -0.4 is 5.69 Å². The van der Waals surface area contributed by atoms with Crippen molar-refractivity contribution in [1.82, 2.24) is 14.5 Å². The molecule has 0 amide bonds. The molecule has 2 rings (SSSR count). The lowest BCUT2D eigenvalue weighted by Gasteiger charge is -1.99. The standard InChI is InChI=1S/C14H16N4O3/c1-3-21-13(19)10-17-14(20)18(11(2)16-17)15-9-12-7-5-4-6-8-12/h4-9H,3,10H2,1-2H3.